The predicted molar refractivity (Wildman–Crippen MR) is 74.3 cm³/mol. The molecule has 1 atom stereocenters. The van der Waals surface area contributed by atoms with Gasteiger partial charge in [0.2, 0.25) is 0 Å². The van der Waals surface area contributed by atoms with Crippen LogP contribution < -0.4 is 10.1 Å². The predicted octanol–water partition coefficient (Wildman–Crippen LogP) is 1.97. The van der Waals surface area contributed by atoms with Crippen LogP contribution in [0.3, 0.4) is 0 Å². The Kier molecular flexibility index (Phi) is 5.63. The third-order valence-corrected chi connectivity index (χ3v) is 3.36. The molecule has 0 radical (unpaired) electrons. The molecule has 0 amide bonds. The van der Waals surface area contributed by atoms with Crippen LogP contribution in [0.1, 0.15) is 17.5 Å². The van der Waals surface area contributed by atoms with Crippen molar-refractivity contribution < 1.29 is 14.2 Å². The first kappa shape index (κ1) is 14.3. The maximum absolute atomic E-state index is 5.80. The monoisotopic (exact) mass is 265 g/mol. The Morgan fingerprint density at radius 1 is 1.42 bits per heavy atom. The average molecular weight is 265 g/mol. The summed E-state index contributed by atoms with van der Waals surface area (Å²) < 4.78 is 16.5. The van der Waals surface area contributed by atoms with E-state index in [0.29, 0.717) is 12.5 Å². The molecule has 1 aliphatic heterocycles. The second-order valence-electron chi connectivity index (χ2n) is 4.92. The van der Waals surface area contributed by atoms with Gasteiger partial charge < -0.3 is 19.5 Å². The molecular weight excluding hydrogens is 242 g/mol. The van der Waals surface area contributed by atoms with Crippen LogP contribution in [0.15, 0.2) is 18.2 Å². The Morgan fingerprint density at radius 3 is 3.00 bits per heavy atom. The number of rotatable bonds is 7. The standard InChI is InChI=1S/C15H23NO3/c1-16-8-12-3-4-15(17-2)14(7-12)11-19-10-13-5-6-18-9-13/h3-4,7,13,16H,5-6,8-11H2,1-2H3. The third-order valence-electron chi connectivity index (χ3n) is 3.36. The number of benzene rings is 1. The van der Waals surface area contributed by atoms with E-state index >= 15 is 0 Å². The minimum absolute atomic E-state index is 0.548. The lowest BCUT2D eigenvalue weighted by Crippen LogP contribution is -2.10. The molecule has 0 aliphatic carbocycles. The van der Waals surface area contributed by atoms with Gasteiger partial charge >= 0.3 is 0 Å². The zero-order valence-electron chi connectivity index (χ0n) is 11.8. The molecule has 1 aromatic carbocycles. The molecule has 1 aliphatic rings. The zero-order valence-corrected chi connectivity index (χ0v) is 11.8. The van der Waals surface area contributed by atoms with E-state index in [9.17, 15) is 0 Å². The van der Waals surface area contributed by atoms with E-state index in [1.165, 1.54) is 5.56 Å². The molecule has 0 saturated carbocycles. The van der Waals surface area contributed by atoms with E-state index in [-0.39, 0.29) is 0 Å². The van der Waals surface area contributed by atoms with Gasteiger partial charge in [0.05, 0.1) is 26.9 Å². The Hall–Kier alpha value is -1.10. The van der Waals surface area contributed by atoms with Crippen LogP contribution in [0, 0.1) is 5.92 Å². The summed E-state index contributed by atoms with van der Waals surface area (Å²) in [5.74, 6) is 1.44. The van der Waals surface area contributed by atoms with Gasteiger partial charge in [0.25, 0.3) is 0 Å². The molecule has 1 saturated heterocycles. The van der Waals surface area contributed by atoms with Gasteiger partial charge in [-0.25, -0.2) is 0 Å². The van der Waals surface area contributed by atoms with Crippen LogP contribution in [0.2, 0.25) is 0 Å². The first-order valence-electron chi connectivity index (χ1n) is 6.79. The molecule has 1 fully saturated rings. The van der Waals surface area contributed by atoms with Gasteiger partial charge in [-0.1, -0.05) is 6.07 Å². The number of nitrogens with one attached hydrogen (secondary N) is 1. The summed E-state index contributed by atoms with van der Waals surface area (Å²) >= 11 is 0. The molecule has 0 aromatic heterocycles. The van der Waals surface area contributed by atoms with Gasteiger partial charge in [-0.05, 0) is 31.2 Å². The molecule has 1 unspecified atom stereocenters. The molecule has 1 heterocycles. The van der Waals surface area contributed by atoms with Crippen LogP contribution >= 0.6 is 0 Å². The largest absolute Gasteiger partial charge is 0.496 e. The van der Waals surface area contributed by atoms with E-state index in [1.807, 2.05) is 13.1 Å². The fraction of sp³-hybridized carbons (Fsp3) is 0.600. The molecule has 19 heavy (non-hydrogen) atoms. The fourth-order valence-corrected chi connectivity index (χ4v) is 2.31. The molecular formula is C15H23NO3. The number of hydrogen-bond acceptors (Lipinski definition) is 4. The molecule has 4 heteroatoms. The van der Waals surface area contributed by atoms with Crippen molar-refractivity contribution in [2.75, 3.05) is 34.0 Å². The number of ether oxygens (including phenoxy) is 3. The Balaban J connectivity index is 1.90. The summed E-state index contributed by atoms with van der Waals surface area (Å²) in [5, 5.41) is 3.15. The lowest BCUT2D eigenvalue weighted by atomic mass is 10.1. The molecule has 0 spiro atoms. The van der Waals surface area contributed by atoms with Crippen molar-refractivity contribution >= 4 is 0 Å². The first-order valence-corrected chi connectivity index (χ1v) is 6.79. The van der Waals surface area contributed by atoms with Crippen LogP contribution in [0.5, 0.6) is 5.75 Å². The minimum atomic E-state index is 0.548. The van der Waals surface area contributed by atoms with Crippen LogP contribution in [0.4, 0.5) is 0 Å². The molecule has 1 N–H and O–H groups in total. The van der Waals surface area contributed by atoms with Gasteiger partial charge in [-0.2, -0.15) is 0 Å². The van der Waals surface area contributed by atoms with E-state index < -0.39 is 0 Å². The van der Waals surface area contributed by atoms with Gasteiger partial charge in [-0.3, -0.25) is 0 Å². The van der Waals surface area contributed by atoms with Gasteiger partial charge in [-0.15, -0.1) is 0 Å². The normalized spacial score (nSPS) is 18.7. The Morgan fingerprint density at radius 2 is 2.32 bits per heavy atom. The van der Waals surface area contributed by atoms with Crippen molar-refractivity contribution in [2.45, 2.75) is 19.6 Å². The molecule has 2 rings (SSSR count). The summed E-state index contributed by atoms with van der Waals surface area (Å²) in [6.45, 7) is 3.91. The van der Waals surface area contributed by atoms with Crippen molar-refractivity contribution in [3.8, 4) is 5.75 Å². The van der Waals surface area contributed by atoms with Crippen molar-refractivity contribution in [2.24, 2.45) is 5.92 Å². The van der Waals surface area contributed by atoms with Crippen LogP contribution in [-0.4, -0.2) is 34.0 Å². The van der Waals surface area contributed by atoms with Gasteiger partial charge in [0.1, 0.15) is 5.75 Å². The van der Waals surface area contributed by atoms with Crippen LogP contribution in [0.25, 0.3) is 0 Å². The molecule has 106 valence electrons. The van der Waals surface area contributed by atoms with Crippen LogP contribution in [-0.2, 0) is 22.6 Å². The van der Waals surface area contributed by atoms with E-state index in [2.05, 4.69) is 17.4 Å². The summed E-state index contributed by atoms with van der Waals surface area (Å²) in [4.78, 5) is 0. The second-order valence-corrected chi connectivity index (χ2v) is 4.92. The summed E-state index contributed by atoms with van der Waals surface area (Å²) in [7, 11) is 3.64. The maximum atomic E-state index is 5.80. The smallest absolute Gasteiger partial charge is 0.124 e. The van der Waals surface area contributed by atoms with E-state index in [4.69, 9.17) is 14.2 Å². The second kappa shape index (κ2) is 7.48. The van der Waals surface area contributed by atoms with Crippen molar-refractivity contribution in [1.29, 1.82) is 0 Å². The minimum Gasteiger partial charge on any atom is -0.496 e. The first-order chi connectivity index (χ1) is 9.33. The molecule has 1 aromatic rings. The highest BCUT2D eigenvalue weighted by Crippen LogP contribution is 2.22. The lowest BCUT2D eigenvalue weighted by molar-refractivity contribution is 0.0779. The summed E-state index contributed by atoms with van der Waals surface area (Å²) in [5.41, 5.74) is 2.35. The van der Waals surface area contributed by atoms with E-state index in [1.54, 1.807) is 7.11 Å². The summed E-state index contributed by atoms with van der Waals surface area (Å²) in [6, 6.07) is 6.22. The third kappa shape index (κ3) is 4.20. The number of hydrogen-bond donors (Lipinski definition) is 1. The van der Waals surface area contributed by atoms with Gasteiger partial charge in [0, 0.05) is 24.6 Å². The Bertz CT molecular complexity index is 389. The highest BCUT2D eigenvalue weighted by molar-refractivity contribution is 5.36. The van der Waals surface area contributed by atoms with Crippen molar-refractivity contribution in [3.63, 3.8) is 0 Å². The fourth-order valence-electron chi connectivity index (χ4n) is 2.31. The highest BCUT2D eigenvalue weighted by atomic mass is 16.5. The summed E-state index contributed by atoms with van der Waals surface area (Å²) in [6.07, 6.45) is 1.11. The quantitative estimate of drug-likeness (QED) is 0.818. The Labute approximate surface area is 115 Å². The lowest BCUT2D eigenvalue weighted by Gasteiger charge is -2.13. The van der Waals surface area contributed by atoms with Crippen molar-refractivity contribution in [1.82, 2.24) is 5.32 Å². The van der Waals surface area contributed by atoms with Crippen molar-refractivity contribution in [3.05, 3.63) is 29.3 Å². The molecule has 4 nitrogen and oxygen atoms in total. The van der Waals surface area contributed by atoms with E-state index in [0.717, 1.165) is 44.1 Å². The highest BCUT2D eigenvalue weighted by Gasteiger charge is 2.15. The number of methoxy groups -OCH3 is 1. The SMILES string of the molecule is CNCc1ccc(OC)c(COCC2CCOC2)c1. The topological polar surface area (TPSA) is 39.7 Å². The van der Waals surface area contributed by atoms with Gasteiger partial charge in [0.15, 0.2) is 0 Å². The molecule has 0 bridgehead atoms. The average Bonchev–Trinajstić information content (AvgIpc) is 2.93. The zero-order chi connectivity index (χ0) is 13.5. The maximum Gasteiger partial charge on any atom is 0.124 e.